The van der Waals surface area contributed by atoms with E-state index < -0.39 is 0 Å². The lowest BCUT2D eigenvalue weighted by Crippen LogP contribution is -2.06. The minimum atomic E-state index is -0.320. The molecule has 0 heterocycles. The van der Waals surface area contributed by atoms with Gasteiger partial charge in [-0.1, -0.05) is 36.4 Å². The first-order valence-corrected chi connectivity index (χ1v) is 8.49. The highest BCUT2D eigenvalue weighted by molar-refractivity contribution is 5.69. The highest BCUT2D eigenvalue weighted by Gasteiger charge is 2.15. The number of ether oxygens (including phenoxy) is 1. The number of hydrogen-bond donors (Lipinski definition) is 2. The Hall–Kier alpha value is -3.27. The standard InChI is InChI=1S/C22H22N2O2/c1-15(25)26-21-12-2-16(3-13-21)14-22(17-4-8-19(23)9-5-17)18-6-10-20(24)11-7-18/h2-13,22H,14,23-24H2,1H3. The lowest BCUT2D eigenvalue weighted by molar-refractivity contribution is -0.131. The third-order valence-electron chi connectivity index (χ3n) is 4.30. The summed E-state index contributed by atoms with van der Waals surface area (Å²) in [6, 6.07) is 23.5. The van der Waals surface area contributed by atoms with Gasteiger partial charge in [0.25, 0.3) is 0 Å². The van der Waals surface area contributed by atoms with Crippen LogP contribution in [0.2, 0.25) is 0 Å². The maximum absolute atomic E-state index is 11.1. The van der Waals surface area contributed by atoms with Crippen molar-refractivity contribution >= 4 is 17.3 Å². The van der Waals surface area contributed by atoms with Crippen molar-refractivity contribution in [3.8, 4) is 5.75 Å². The molecule has 0 aliphatic heterocycles. The quantitative estimate of drug-likeness (QED) is 0.413. The van der Waals surface area contributed by atoms with Crippen LogP contribution in [0.3, 0.4) is 0 Å². The second-order valence-corrected chi connectivity index (χ2v) is 6.33. The molecule has 3 aromatic rings. The zero-order valence-corrected chi connectivity index (χ0v) is 14.7. The number of carbonyl (C=O) groups is 1. The molecule has 0 amide bonds. The molecule has 0 spiro atoms. The number of nitrogens with two attached hydrogens (primary N) is 2. The average molecular weight is 346 g/mol. The van der Waals surface area contributed by atoms with Gasteiger partial charge in [0, 0.05) is 24.2 Å². The number of rotatable bonds is 5. The van der Waals surface area contributed by atoms with E-state index in [1.165, 1.54) is 18.1 Å². The van der Waals surface area contributed by atoms with Crippen LogP contribution in [0.1, 0.15) is 29.5 Å². The molecular weight excluding hydrogens is 324 g/mol. The predicted molar refractivity (Wildman–Crippen MR) is 105 cm³/mol. The molecule has 0 aliphatic carbocycles. The van der Waals surface area contributed by atoms with Gasteiger partial charge in [0.15, 0.2) is 0 Å². The summed E-state index contributed by atoms with van der Waals surface area (Å²) in [4.78, 5) is 11.1. The number of esters is 1. The molecule has 0 saturated heterocycles. The molecule has 0 radical (unpaired) electrons. The molecule has 3 aromatic carbocycles. The van der Waals surface area contributed by atoms with Crippen LogP contribution in [0.15, 0.2) is 72.8 Å². The molecule has 132 valence electrons. The van der Waals surface area contributed by atoms with Crippen molar-refractivity contribution in [3.63, 3.8) is 0 Å². The third kappa shape index (κ3) is 4.42. The maximum atomic E-state index is 11.1. The van der Waals surface area contributed by atoms with Gasteiger partial charge in [-0.3, -0.25) is 4.79 Å². The van der Waals surface area contributed by atoms with E-state index in [0.29, 0.717) is 5.75 Å². The number of nitrogen functional groups attached to an aromatic ring is 2. The Morgan fingerprint density at radius 1 is 0.808 bits per heavy atom. The van der Waals surface area contributed by atoms with Gasteiger partial charge >= 0.3 is 5.97 Å². The monoisotopic (exact) mass is 346 g/mol. The Kier molecular flexibility index (Phi) is 5.23. The van der Waals surface area contributed by atoms with Gasteiger partial charge in [0.05, 0.1) is 0 Å². The molecule has 0 aromatic heterocycles. The van der Waals surface area contributed by atoms with Crippen LogP contribution in [0.5, 0.6) is 5.75 Å². The lowest BCUT2D eigenvalue weighted by atomic mass is 9.86. The van der Waals surface area contributed by atoms with Crippen LogP contribution in [0, 0.1) is 0 Å². The SMILES string of the molecule is CC(=O)Oc1ccc(CC(c2ccc(N)cc2)c2ccc(N)cc2)cc1. The van der Waals surface area contributed by atoms with E-state index in [-0.39, 0.29) is 11.9 Å². The zero-order chi connectivity index (χ0) is 18.5. The molecule has 4 heteroatoms. The first-order chi connectivity index (χ1) is 12.5. The van der Waals surface area contributed by atoms with Gasteiger partial charge in [-0.2, -0.15) is 0 Å². The van der Waals surface area contributed by atoms with Gasteiger partial charge < -0.3 is 16.2 Å². The molecular formula is C22H22N2O2. The van der Waals surface area contributed by atoms with E-state index in [9.17, 15) is 4.79 Å². The molecule has 0 fully saturated rings. The third-order valence-corrected chi connectivity index (χ3v) is 4.30. The summed E-state index contributed by atoms with van der Waals surface area (Å²) < 4.78 is 5.10. The molecule has 0 bridgehead atoms. The van der Waals surface area contributed by atoms with Crippen LogP contribution < -0.4 is 16.2 Å². The highest BCUT2D eigenvalue weighted by Crippen LogP contribution is 2.30. The van der Waals surface area contributed by atoms with Gasteiger partial charge in [-0.15, -0.1) is 0 Å². The molecule has 3 rings (SSSR count). The molecule has 0 unspecified atom stereocenters. The number of hydrogen-bond acceptors (Lipinski definition) is 4. The first-order valence-electron chi connectivity index (χ1n) is 8.49. The average Bonchev–Trinajstić information content (AvgIpc) is 2.62. The summed E-state index contributed by atoms with van der Waals surface area (Å²) in [5, 5.41) is 0. The fourth-order valence-corrected chi connectivity index (χ4v) is 2.98. The summed E-state index contributed by atoms with van der Waals surface area (Å²) in [6.45, 7) is 1.39. The molecule has 4 nitrogen and oxygen atoms in total. The Morgan fingerprint density at radius 3 is 1.69 bits per heavy atom. The van der Waals surface area contributed by atoms with Gasteiger partial charge in [-0.05, 0) is 59.5 Å². The highest BCUT2D eigenvalue weighted by atomic mass is 16.5. The van der Waals surface area contributed by atoms with Crippen molar-refractivity contribution in [2.75, 3.05) is 11.5 Å². The lowest BCUT2D eigenvalue weighted by Gasteiger charge is -2.19. The van der Waals surface area contributed by atoms with Crippen molar-refractivity contribution in [1.29, 1.82) is 0 Å². The molecule has 26 heavy (non-hydrogen) atoms. The van der Waals surface area contributed by atoms with Crippen molar-refractivity contribution in [1.82, 2.24) is 0 Å². The predicted octanol–water partition coefficient (Wildman–Crippen LogP) is 4.15. The van der Waals surface area contributed by atoms with Crippen LogP contribution in [-0.2, 0) is 11.2 Å². The smallest absolute Gasteiger partial charge is 0.308 e. The van der Waals surface area contributed by atoms with E-state index in [4.69, 9.17) is 16.2 Å². The van der Waals surface area contributed by atoms with Crippen molar-refractivity contribution in [2.24, 2.45) is 0 Å². The van der Waals surface area contributed by atoms with Crippen LogP contribution in [0.25, 0.3) is 0 Å². The summed E-state index contributed by atoms with van der Waals surface area (Å²) in [5.74, 6) is 0.410. The Morgan fingerprint density at radius 2 is 1.27 bits per heavy atom. The zero-order valence-electron chi connectivity index (χ0n) is 14.7. The largest absolute Gasteiger partial charge is 0.427 e. The van der Waals surface area contributed by atoms with Crippen LogP contribution >= 0.6 is 0 Å². The van der Waals surface area contributed by atoms with E-state index in [2.05, 4.69) is 24.3 Å². The van der Waals surface area contributed by atoms with Crippen molar-refractivity contribution < 1.29 is 9.53 Å². The second kappa shape index (κ2) is 7.74. The van der Waals surface area contributed by atoms with E-state index in [0.717, 1.165) is 23.4 Å². The summed E-state index contributed by atoms with van der Waals surface area (Å²) in [7, 11) is 0. The molecule has 0 atom stereocenters. The van der Waals surface area contributed by atoms with E-state index in [1.807, 2.05) is 48.5 Å². The normalized spacial score (nSPS) is 10.7. The van der Waals surface area contributed by atoms with Crippen molar-refractivity contribution in [3.05, 3.63) is 89.5 Å². The number of carbonyl (C=O) groups excluding carboxylic acids is 1. The molecule has 4 N–H and O–H groups in total. The second-order valence-electron chi connectivity index (χ2n) is 6.33. The van der Waals surface area contributed by atoms with Gasteiger partial charge in [-0.25, -0.2) is 0 Å². The minimum absolute atomic E-state index is 0.177. The molecule has 0 aliphatic rings. The Bertz CT molecular complexity index is 824. The minimum Gasteiger partial charge on any atom is -0.427 e. The van der Waals surface area contributed by atoms with Gasteiger partial charge in [0.2, 0.25) is 0 Å². The molecule has 0 saturated carbocycles. The van der Waals surface area contributed by atoms with Crippen LogP contribution in [-0.4, -0.2) is 5.97 Å². The first kappa shape index (κ1) is 17.5. The summed E-state index contributed by atoms with van der Waals surface area (Å²) in [5.41, 5.74) is 16.7. The van der Waals surface area contributed by atoms with Crippen molar-refractivity contribution in [2.45, 2.75) is 19.3 Å². The fraction of sp³-hybridized carbons (Fsp3) is 0.136. The summed E-state index contributed by atoms with van der Waals surface area (Å²) >= 11 is 0. The van der Waals surface area contributed by atoms with Crippen LogP contribution in [0.4, 0.5) is 11.4 Å². The maximum Gasteiger partial charge on any atom is 0.308 e. The summed E-state index contributed by atoms with van der Waals surface area (Å²) in [6.07, 6.45) is 0.814. The number of anilines is 2. The van der Waals surface area contributed by atoms with E-state index >= 15 is 0 Å². The van der Waals surface area contributed by atoms with E-state index in [1.54, 1.807) is 0 Å². The topological polar surface area (TPSA) is 78.3 Å². The Balaban J connectivity index is 1.89. The fourth-order valence-electron chi connectivity index (χ4n) is 2.98. The van der Waals surface area contributed by atoms with Gasteiger partial charge in [0.1, 0.15) is 5.75 Å². The Labute approximate surface area is 153 Å². The number of benzene rings is 3.